The van der Waals surface area contributed by atoms with Crippen molar-refractivity contribution in [2.75, 3.05) is 19.8 Å². The molecular weight excluding hydrogens is 328 g/mol. The van der Waals surface area contributed by atoms with Crippen molar-refractivity contribution in [1.29, 1.82) is 0 Å². The largest absolute Gasteiger partial charge is 0.490 e. The van der Waals surface area contributed by atoms with Crippen LogP contribution in [0.2, 0.25) is 0 Å². The highest BCUT2D eigenvalue weighted by Gasteiger charge is 2.28. The van der Waals surface area contributed by atoms with Crippen molar-refractivity contribution in [2.24, 2.45) is 11.7 Å². The van der Waals surface area contributed by atoms with Gasteiger partial charge < -0.3 is 20.5 Å². The lowest BCUT2D eigenvalue weighted by molar-refractivity contribution is -0.123. The zero-order valence-corrected chi connectivity index (χ0v) is 15.9. The van der Waals surface area contributed by atoms with Gasteiger partial charge in [0.1, 0.15) is 0 Å². The summed E-state index contributed by atoms with van der Waals surface area (Å²) in [5.74, 6) is 1.73. The van der Waals surface area contributed by atoms with Gasteiger partial charge in [0.05, 0.1) is 18.8 Å². The maximum Gasteiger partial charge on any atom is 0.220 e. The molecule has 0 heterocycles. The van der Waals surface area contributed by atoms with E-state index in [9.17, 15) is 4.79 Å². The first kappa shape index (κ1) is 22.5. The molecule has 3 N–H and O–H groups in total. The maximum absolute atomic E-state index is 12.1. The van der Waals surface area contributed by atoms with E-state index < -0.39 is 0 Å². The van der Waals surface area contributed by atoms with E-state index in [2.05, 4.69) is 19.2 Å². The molecule has 1 aromatic rings. The molecule has 1 unspecified atom stereocenters. The maximum atomic E-state index is 12.1. The first-order valence-corrected chi connectivity index (χ1v) is 8.28. The van der Waals surface area contributed by atoms with Crippen molar-refractivity contribution in [3.8, 4) is 11.5 Å². The van der Waals surface area contributed by atoms with E-state index in [0.717, 1.165) is 5.75 Å². The van der Waals surface area contributed by atoms with Gasteiger partial charge in [0.25, 0.3) is 0 Å². The van der Waals surface area contributed by atoms with Crippen LogP contribution in [-0.4, -0.2) is 31.2 Å². The average molecular weight is 359 g/mol. The lowest BCUT2D eigenvalue weighted by Crippen LogP contribution is -2.55. The first-order valence-electron chi connectivity index (χ1n) is 8.28. The minimum Gasteiger partial charge on any atom is -0.490 e. The van der Waals surface area contributed by atoms with E-state index >= 15 is 0 Å². The van der Waals surface area contributed by atoms with Crippen molar-refractivity contribution < 1.29 is 14.3 Å². The third-order valence-corrected chi connectivity index (χ3v) is 4.08. The van der Waals surface area contributed by atoms with Gasteiger partial charge in [0.2, 0.25) is 5.91 Å². The highest BCUT2D eigenvalue weighted by Crippen LogP contribution is 2.26. The molecule has 0 bridgehead atoms. The van der Waals surface area contributed by atoms with Gasteiger partial charge in [-0.15, -0.1) is 12.4 Å². The van der Waals surface area contributed by atoms with E-state index in [4.69, 9.17) is 15.2 Å². The Balaban J connectivity index is 0.00000529. The Morgan fingerprint density at radius 3 is 2.33 bits per heavy atom. The standard InChI is InChI=1S/C18H30N2O3.ClH/c1-5-22-15-9-6-7-10-16(15)23-12-8-11-17(21)20-18(4,13-19)14(2)3;/h6-7,9-10,14H,5,8,11-13,19H2,1-4H3,(H,20,21);1H. The summed E-state index contributed by atoms with van der Waals surface area (Å²) in [6, 6.07) is 7.56. The normalized spacial score (nSPS) is 12.9. The summed E-state index contributed by atoms with van der Waals surface area (Å²) in [7, 11) is 0. The number of amides is 1. The zero-order valence-electron chi connectivity index (χ0n) is 15.1. The van der Waals surface area contributed by atoms with Crippen LogP contribution in [0.5, 0.6) is 11.5 Å². The minimum absolute atomic E-state index is 0. The quantitative estimate of drug-likeness (QED) is 0.630. The number of hydrogen-bond acceptors (Lipinski definition) is 4. The van der Waals surface area contributed by atoms with E-state index in [1.165, 1.54) is 0 Å². The number of para-hydroxylation sites is 2. The van der Waals surface area contributed by atoms with Crippen LogP contribution in [-0.2, 0) is 4.79 Å². The van der Waals surface area contributed by atoms with Crippen LogP contribution in [0.25, 0.3) is 0 Å². The number of carbonyl (C=O) groups excluding carboxylic acids is 1. The van der Waals surface area contributed by atoms with Crippen molar-refractivity contribution in [1.82, 2.24) is 5.32 Å². The molecular formula is C18H31ClN2O3. The summed E-state index contributed by atoms with van der Waals surface area (Å²) in [6.07, 6.45) is 1.06. The Bertz CT molecular complexity index is 497. The van der Waals surface area contributed by atoms with Crippen LogP contribution in [0.3, 0.4) is 0 Å². The second-order valence-corrected chi connectivity index (χ2v) is 6.16. The third-order valence-electron chi connectivity index (χ3n) is 4.08. The molecule has 0 fully saturated rings. The van der Waals surface area contributed by atoms with Crippen molar-refractivity contribution in [2.45, 2.75) is 46.1 Å². The average Bonchev–Trinajstić information content (AvgIpc) is 2.53. The Hall–Kier alpha value is -1.46. The van der Waals surface area contributed by atoms with Gasteiger partial charge in [-0.05, 0) is 38.3 Å². The second-order valence-electron chi connectivity index (χ2n) is 6.16. The molecule has 24 heavy (non-hydrogen) atoms. The van der Waals surface area contributed by atoms with Gasteiger partial charge in [-0.3, -0.25) is 4.79 Å². The third kappa shape index (κ3) is 6.97. The lowest BCUT2D eigenvalue weighted by atomic mass is 9.88. The number of rotatable bonds is 10. The molecule has 1 aromatic carbocycles. The molecule has 0 saturated carbocycles. The summed E-state index contributed by atoms with van der Waals surface area (Å²) >= 11 is 0. The van der Waals surface area contributed by atoms with Crippen LogP contribution in [0.15, 0.2) is 24.3 Å². The molecule has 0 aliphatic rings. The molecule has 0 aromatic heterocycles. The summed E-state index contributed by atoms with van der Waals surface area (Å²) in [6.45, 7) is 9.51. The highest BCUT2D eigenvalue weighted by molar-refractivity contribution is 5.85. The smallest absolute Gasteiger partial charge is 0.220 e. The predicted molar refractivity (Wildman–Crippen MR) is 100 cm³/mol. The van der Waals surface area contributed by atoms with E-state index in [0.29, 0.717) is 38.3 Å². The fourth-order valence-corrected chi connectivity index (χ4v) is 2.07. The van der Waals surface area contributed by atoms with Crippen LogP contribution in [0.4, 0.5) is 0 Å². The van der Waals surface area contributed by atoms with Crippen LogP contribution in [0.1, 0.15) is 40.5 Å². The summed E-state index contributed by atoms with van der Waals surface area (Å²) < 4.78 is 11.2. The van der Waals surface area contributed by atoms with Crippen LogP contribution in [0, 0.1) is 5.92 Å². The number of benzene rings is 1. The Labute approximate surface area is 151 Å². The molecule has 5 nitrogen and oxygen atoms in total. The number of ether oxygens (including phenoxy) is 2. The van der Waals surface area contributed by atoms with Crippen molar-refractivity contribution in [3.05, 3.63) is 24.3 Å². The molecule has 0 aliphatic carbocycles. The number of halogens is 1. The van der Waals surface area contributed by atoms with Gasteiger partial charge in [0, 0.05) is 13.0 Å². The fraction of sp³-hybridized carbons (Fsp3) is 0.611. The van der Waals surface area contributed by atoms with E-state index in [1.807, 2.05) is 38.1 Å². The molecule has 0 aliphatic heterocycles. The highest BCUT2D eigenvalue weighted by atomic mass is 35.5. The van der Waals surface area contributed by atoms with Crippen LogP contribution < -0.4 is 20.5 Å². The van der Waals surface area contributed by atoms with Gasteiger partial charge in [-0.25, -0.2) is 0 Å². The monoisotopic (exact) mass is 358 g/mol. The van der Waals surface area contributed by atoms with Crippen LogP contribution >= 0.6 is 12.4 Å². The molecule has 6 heteroatoms. The predicted octanol–water partition coefficient (Wildman–Crippen LogP) is 3.16. The Morgan fingerprint density at radius 2 is 1.83 bits per heavy atom. The second kappa shape index (κ2) is 11.2. The summed E-state index contributed by atoms with van der Waals surface area (Å²) in [4.78, 5) is 12.1. The van der Waals surface area contributed by atoms with Gasteiger partial charge >= 0.3 is 0 Å². The molecule has 1 rings (SSSR count). The number of nitrogens with two attached hydrogens (primary N) is 1. The van der Waals surface area contributed by atoms with Gasteiger partial charge in [-0.1, -0.05) is 26.0 Å². The summed E-state index contributed by atoms with van der Waals surface area (Å²) in [5, 5.41) is 3.03. The topological polar surface area (TPSA) is 73.6 Å². The Morgan fingerprint density at radius 1 is 1.25 bits per heavy atom. The van der Waals surface area contributed by atoms with E-state index in [-0.39, 0.29) is 29.8 Å². The molecule has 1 atom stereocenters. The number of carbonyl (C=O) groups is 1. The first-order chi connectivity index (χ1) is 10.9. The number of nitrogens with one attached hydrogen (secondary N) is 1. The zero-order chi connectivity index (χ0) is 17.3. The molecule has 0 saturated heterocycles. The molecule has 0 radical (unpaired) electrons. The fourth-order valence-electron chi connectivity index (χ4n) is 2.07. The molecule has 138 valence electrons. The SMILES string of the molecule is CCOc1ccccc1OCCCC(=O)NC(C)(CN)C(C)C.Cl. The molecule has 0 spiro atoms. The lowest BCUT2D eigenvalue weighted by Gasteiger charge is -2.33. The van der Waals surface area contributed by atoms with Crippen molar-refractivity contribution in [3.63, 3.8) is 0 Å². The molecule has 1 amide bonds. The Kier molecular flexibility index (Phi) is 10.5. The van der Waals surface area contributed by atoms with Gasteiger partial charge in [-0.2, -0.15) is 0 Å². The van der Waals surface area contributed by atoms with Crippen molar-refractivity contribution >= 4 is 18.3 Å². The number of hydrogen-bond donors (Lipinski definition) is 2. The van der Waals surface area contributed by atoms with E-state index in [1.54, 1.807) is 0 Å². The van der Waals surface area contributed by atoms with Gasteiger partial charge in [0.15, 0.2) is 11.5 Å². The summed E-state index contributed by atoms with van der Waals surface area (Å²) in [5.41, 5.74) is 5.42. The minimum atomic E-state index is -0.362.